The topological polar surface area (TPSA) is 626 Å². The van der Waals surface area contributed by atoms with Crippen LogP contribution in [-0.2, 0) is 40.1 Å². The van der Waals surface area contributed by atoms with Crippen LogP contribution < -0.4 is 50.8 Å². The zero-order chi connectivity index (χ0) is 90.3. The minimum absolute atomic E-state index is 0.00810. The number of amides is 3. The number of hydrogen-bond donors (Lipinski definition) is 11. The lowest BCUT2D eigenvalue weighted by atomic mass is 10.2. The maximum absolute atomic E-state index is 12.7. The van der Waals surface area contributed by atoms with Gasteiger partial charge in [-0.05, 0) is 125 Å². The Labute approximate surface area is 679 Å². The Bertz CT molecular complexity index is 5030. The number of ketones is 1. The first-order chi connectivity index (χ1) is 55.0. The molecule has 3 amide bonds. The Balaban J connectivity index is 0.000000700. The van der Waals surface area contributed by atoms with Crippen molar-refractivity contribution in [2.24, 2.45) is 11.5 Å². The largest absolute Gasteiger partial charge is 0.476 e. The lowest BCUT2D eigenvalue weighted by Gasteiger charge is -2.09. The molecule has 0 aliphatic rings. The first kappa shape index (κ1) is 99.8. The third kappa shape index (κ3) is 35.3. The van der Waals surface area contributed by atoms with Crippen LogP contribution in [0.15, 0.2) is 65.7 Å². The number of rotatable bonds is 16. The van der Waals surface area contributed by atoms with Crippen LogP contribution in [0.4, 0.5) is 59.8 Å². The zero-order valence-electron chi connectivity index (χ0n) is 66.0. The zero-order valence-corrected chi connectivity index (χ0v) is 67.3. The second-order valence-corrected chi connectivity index (χ2v) is 24.7. The molecule has 0 aliphatic heterocycles. The summed E-state index contributed by atoms with van der Waals surface area (Å²) in [5.41, 5.74) is 42.8. The van der Waals surface area contributed by atoms with E-state index >= 15 is 0 Å². The average Bonchev–Trinajstić information content (AvgIpc) is 1.59. The highest BCUT2D eigenvalue weighted by atomic mass is 79.9. The smallest absolute Gasteiger partial charge is 0.436 e. The number of nitrogen functional groups attached to an aromatic ring is 5. The summed E-state index contributed by atoms with van der Waals surface area (Å²) in [5.74, 6) is -6.27. The number of aliphatic hydroxyl groups is 1. The van der Waals surface area contributed by atoms with Gasteiger partial charge in [-0.2, -0.15) is 36.9 Å². The van der Waals surface area contributed by atoms with E-state index in [1.807, 2.05) is 57.2 Å². The number of nitrogens with zero attached hydrogens (tertiary/aromatic N) is 16. The van der Waals surface area contributed by atoms with Crippen molar-refractivity contribution in [1.29, 1.82) is 10.5 Å². The van der Waals surface area contributed by atoms with Crippen LogP contribution in [0.25, 0.3) is 11.6 Å². The van der Waals surface area contributed by atoms with Crippen molar-refractivity contribution in [1.82, 2.24) is 80.4 Å². The van der Waals surface area contributed by atoms with E-state index in [0.29, 0.717) is 29.9 Å². The number of anilines is 5. The number of nitrogens with one attached hydrogen (secondary N) is 2. The molecular weight excluding hydrogens is 1640 g/mol. The van der Waals surface area contributed by atoms with Crippen LogP contribution in [0, 0.1) is 78.1 Å². The molecule has 0 spiro atoms. The van der Waals surface area contributed by atoms with Crippen molar-refractivity contribution in [2.45, 2.75) is 134 Å². The molecule has 18 N–H and O–H groups in total. The Morgan fingerprint density at radius 2 is 0.957 bits per heavy atom. The summed E-state index contributed by atoms with van der Waals surface area (Å²) in [6.07, 6.45) is -4.86. The number of nitrogens with two attached hydrogens (primary N) is 7. The maximum atomic E-state index is 12.7. The summed E-state index contributed by atoms with van der Waals surface area (Å²) in [7, 11) is -1.00. The normalized spacial score (nSPS) is 10.4. The molecule has 0 radical (unpaired) electrons. The van der Waals surface area contributed by atoms with Gasteiger partial charge in [0.25, 0.3) is 17.7 Å². The van der Waals surface area contributed by atoms with E-state index in [1.165, 1.54) is 26.3 Å². The molecule has 9 aromatic rings. The number of halogens is 9. The van der Waals surface area contributed by atoms with Gasteiger partial charge in [-0.15, -0.1) is 0 Å². The van der Waals surface area contributed by atoms with E-state index in [9.17, 15) is 64.3 Å². The second kappa shape index (κ2) is 48.7. The van der Waals surface area contributed by atoms with Gasteiger partial charge in [0.1, 0.15) is 30.5 Å². The molecule has 46 heteroatoms. The van der Waals surface area contributed by atoms with Crippen LogP contribution in [-0.4, -0.2) is 159 Å². The summed E-state index contributed by atoms with van der Waals surface area (Å²) in [6.45, 7) is 23.5. The quantitative estimate of drug-likeness (QED) is 0.0245. The third-order valence-electron chi connectivity index (χ3n) is 13.4. The first-order valence-electron chi connectivity index (χ1n) is 34.0. The number of carbonyl (C=O) groups excluding carboxylic acids is 6. The van der Waals surface area contributed by atoms with E-state index < -0.39 is 78.6 Å². The number of nitriles is 2. The number of carbonyl (C=O) groups is 7. The lowest BCUT2D eigenvalue weighted by Crippen LogP contribution is -2.28. The molecule has 0 bridgehead atoms. The van der Waals surface area contributed by atoms with Gasteiger partial charge in [-0.3, -0.25) is 38.5 Å². The predicted octanol–water partition coefficient (Wildman–Crippen LogP) is 8.44. The number of aryl methyl sites for hydroxylation is 8. The summed E-state index contributed by atoms with van der Waals surface area (Å²) in [6, 6.07) is 14.8. The molecule has 9 rings (SSSR count). The molecule has 0 fully saturated rings. The average molecular weight is 1730 g/mol. The number of aromatic carboxylic acids is 1. The standard InChI is InChI=1S/C17H15F3N6O2.C14H16N6O2.C9H10N4O2.C8H10ClN3O2.C7H6N4O2.C7H10N2.C4H4BrF3O.C4H10O.CH3F/c1-8-4-3-5-22-10(8)6-23-15(27)13-14(21)26-12(9(2)24-13)16-25-11(7-28-16)17(18,19)20;1-7-4-3-5-17-9(7)6-18-14(22)11-12(15)20-10(13(16)21)8(2)19-11;1-3-15-9(14)7-8(11)13-6(4-10)5(2)12-7;1-3-14-8(13)5-7(10)12-6(9)4(2)11-5;1-3-4(2-8)11-6(9)5(10-3)7(12)13;1-6-3-2-4-9-7(6)5-8;5-2-3(9)1-4(6,7)8;1-4(2,3)5;1-2/h3-5,7H,6H2,1-2H3,(H2,21,26)(H,23,27);3-5H,6H2,1-2H3,(H2,15,20)(H2,16,21)(H,18,22);3H2,1-2H3,(H2,11,13);3H2,1-2H3,(H2,10,12);1H3,(H2,9,11)(H,12,13);2-4H,5,8H2,1H3;1-2H2;5H,1-3H3;1H3/i;;;;;;;;1D. The monoisotopic (exact) mass is 1730 g/mol. The molecule has 0 atom stereocenters. The molecule has 0 saturated carbocycles. The first-order valence-corrected chi connectivity index (χ1v) is 34.8. The molecule has 117 heavy (non-hydrogen) atoms. The summed E-state index contributed by atoms with van der Waals surface area (Å²) in [4.78, 5) is 133. The third-order valence-corrected chi connectivity index (χ3v) is 14.4. The SMILES string of the molecule is CC(C)(C)O.CCOC(=O)c1nc(C)c(C#N)nc1N.CCOC(=O)c1nc(C)c(Cl)nc1N.Cc1cccnc1CN.Cc1cccnc1CNC(=O)c1nc(C)c(-c2nc(C(F)(F)F)co2)nc1N.Cc1cccnc1CNC(=O)c1nc(C)c(C(N)=O)nc1N.Cc1nc(C(=O)O)c(N)nc1C#N.O=C(CBr)CC(F)(F)F.[2H]CF. The Hall–Kier alpha value is -13.3. The molecule has 0 unspecified atom stereocenters. The highest BCUT2D eigenvalue weighted by Crippen LogP contribution is 2.32. The molecule has 9 heterocycles. The van der Waals surface area contributed by atoms with E-state index in [2.05, 4.69) is 96.3 Å². The van der Waals surface area contributed by atoms with Gasteiger partial charge in [0.05, 0.1) is 91.3 Å². The molecule has 0 aliphatic carbocycles. The Morgan fingerprint density at radius 1 is 0.581 bits per heavy atom. The fourth-order valence-corrected chi connectivity index (χ4v) is 8.23. The number of pyridine rings is 3. The fraction of sp³-hybridized carbons (Fsp3) is 0.338. The van der Waals surface area contributed by atoms with Gasteiger partial charge in [0.15, 0.2) is 91.3 Å². The Morgan fingerprint density at radius 3 is 1.31 bits per heavy atom. The molecular formula is C71H84BrClF7N25O12. The predicted molar refractivity (Wildman–Crippen MR) is 414 cm³/mol. The number of carboxylic acids is 1. The van der Waals surface area contributed by atoms with Gasteiger partial charge < -0.3 is 74.9 Å². The molecule has 9 aromatic heterocycles. The number of hydrogen-bond acceptors (Lipinski definition) is 33. The van der Waals surface area contributed by atoms with Crippen LogP contribution in [0.5, 0.6) is 0 Å². The minimum atomic E-state index is -4.65. The van der Waals surface area contributed by atoms with Crippen molar-refractivity contribution in [3.8, 4) is 23.7 Å². The van der Waals surface area contributed by atoms with Crippen LogP contribution in [0.1, 0.15) is 185 Å². The second-order valence-electron chi connectivity index (χ2n) is 23.8. The summed E-state index contributed by atoms with van der Waals surface area (Å²) >= 11 is 8.28. The van der Waals surface area contributed by atoms with E-state index in [1.54, 1.807) is 79.2 Å². The van der Waals surface area contributed by atoms with E-state index in [0.717, 1.165) is 22.5 Å². The fourth-order valence-electron chi connectivity index (χ4n) is 7.90. The lowest BCUT2D eigenvalue weighted by molar-refractivity contribution is -0.150. The highest BCUT2D eigenvalue weighted by Gasteiger charge is 2.36. The minimum Gasteiger partial charge on any atom is -0.476 e. The number of primary amides is 1. The number of alkyl halides is 8. The molecule has 37 nitrogen and oxygen atoms in total. The van der Waals surface area contributed by atoms with Gasteiger partial charge in [0, 0.05) is 25.1 Å². The van der Waals surface area contributed by atoms with Gasteiger partial charge in [-0.25, -0.2) is 69.2 Å². The molecule has 0 aromatic carbocycles. The molecule has 628 valence electrons. The van der Waals surface area contributed by atoms with Crippen molar-refractivity contribution in [3.05, 3.63) is 180 Å². The van der Waals surface area contributed by atoms with Gasteiger partial charge in [-0.1, -0.05) is 45.7 Å². The molecule has 0 saturated heterocycles. The Kier molecular flexibility index (Phi) is 41.6. The summed E-state index contributed by atoms with van der Waals surface area (Å²) in [5, 5.41) is 39.5. The highest BCUT2D eigenvalue weighted by molar-refractivity contribution is 9.09. The van der Waals surface area contributed by atoms with Crippen LogP contribution in [0.3, 0.4) is 0 Å². The van der Waals surface area contributed by atoms with Crippen molar-refractivity contribution in [2.75, 3.05) is 54.4 Å². The summed E-state index contributed by atoms with van der Waals surface area (Å²) < 4.78 is 102. The van der Waals surface area contributed by atoms with Crippen molar-refractivity contribution in [3.63, 3.8) is 0 Å². The number of Topliss-reactive ketones (excluding diaryl/α,β-unsaturated/α-hetero) is 1. The number of ether oxygens (including phenoxy) is 2. The van der Waals surface area contributed by atoms with Crippen LogP contribution in [0.2, 0.25) is 5.15 Å². The maximum Gasteiger partial charge on any atom is 0.436 e. The number of carboxylic acid groups (broad SMARTS) is 1. The number of aromatic nitrogens is 14. The van der Waals surface area contributed by atoms with E-state index in [-0.39, 0.29) is 140 Å². The van der Waals surface area contributed by atoms with E-state index in [4.69, 9.17) is 87.7 Å². The van der Waals surface area contributed by atoms with Gasteiger partial charge in [0.2, 0.25) is 5.89 Å². The number of esters is 2. The van der Waals surface area contributed by atoms with Crippen molar-refractivity contribution >= 4 is 98.0 Å². The van der Waals surface area contributed by atoms with Crippen LogP contribution >= 0.6 is 27.5 Å². The number of oxazole rings is 1. The van der Waals surface area contributed by atoms with Gasteiger partial charge >= 0.3 is 30.3 Å². The van der Waals surface area contributed by atoms with Crippen molar-refractivity contribution < 1.29 is 89.8 Å².